The molecule has 1 N–H and O–H groups in total. The molecule has 0 radical (unpaired) electrons. The van der Waals surface area contributed by atoms with Gasteiger partial charge in [0.25, 0.3) is 0 Å². The second kappa shape index (κ2) is 9.11. The lowest BCUT2D eigenvalue weighted by Crippen LogP contribution is -2.28. The van der Waals surface area contributed by atoms with Crippen molar-refractivity contribution >= 4 is 52.2 Å². The molecule has 7 heteroatoms. The van der Waals surface area contributed by atoms with Crippen LogP contribution in [0.5, 0.6) is 0 Å². The monoisotopic (exact) mass is 382 g/mol. The fourth-order valence-corrected chi connectivity index (χ4v) is 3.78. The van der Waals surface area contributed by atoms with Gasteiger partial charge >= 0.3 is 0 Å². The smallest absolute Gasteiger partial charge is 0.234 e. The highest BCUT2D eigenvalue weighted by Crippen LogP contribution is 2.18. The van der Waals surface area contributed by atoms with Gasteiger partial charge in [0.2, 0.25) is 11.8 Å². The van der Waals surface area contributed by atoms with Crippen LogP contribution in [0.1, 0.15) is 10.4 Å². The number of carbonyl (C=O) groups excluding carboxylic acids is 2. The number of rotatable bonds is 7. The van der Waals surface area contributed by atoms with Crippen molar-refractivity contribution in [1.82, 2.24) is 4.90 Å². The van der Waals surface area contributed by atoms with Crippen LogP contribution in [-0.4, -0.2) is 35.3 Å². The third kappa shape index (κ3) is 5.85. The van der Waals surface area contributed by atoms with E-state index in [9.17, 15) is 9.59 Å². The molecule has 0 saturated carbocycles. The van der Waals surface area contributed by atoms with Crippen LogP contribution in [0.15, 0.2) is 35.7 Å². The second-order valence-electron chi connectivity index (χ2n) is 5.32. The Kier molecular flexibility index (Phi) is 7.15. The average Bonchev–Trinajstić information content (AvgIpc) is 2.94. The highest BCUT2D eigenvalue weighted by Gasteiger charge is 2.12. The third-order valence-electron chi connectivity index (χ3n) is 3.36. The number of aryl methyl sites for hydroxylation is 1. The van der Waals surface area contributed by atoms with E-state index in [1.165, 1.54) is 22.2 Å². The van der Waals surface area contributed by atoms with Crippen LogP contribution in [0.25, 0.3) is 0 Å². The Labute approximate surface area is 155 Å². The molecule has 0 aliphatic rings. The van der Waals surface area contributed by atoms with Crippen LogP contribution in [0.2, 0.25) is 5.02 Å². The first kappa shape index (κ1) is 18.8. The largest absolute Gasteiger partial charge is 0.340 e. The zero-order chi connectivity index (χ0) is 17.5. The van der Waals surface area contributed by atoms with E-state index in [-0.39, 0.29) is 23.3 Å². The van der Waals surface area contributed by atoms with Gasteiger partial charge in [0.05, 0.1) is 18.1 Å². The van der Waals surface area contributed by atoms with E-state index in [2.05, 4.69) is 5.32 Å². The summed E-state index contributed by atoms with van der Waals surface area (Å²) in [5, 5.41) is 5.42. The van der Waals surface area contributed by atoms with Crippen LogP contribution in [0, 0.1) is 6.92 Å². The zero-order valence-electron chi connectivity index (χ0n) is 13.5. The molecule has 0 aliphatic carbocycles. The van der Waals surface area contributed by atoms with E-state index in [1.807, 2.05) is 18.4 Å². The fraction of sp³-hybridized carbons (Fsp3) is 0.294. The molecule has 0 fully saturated rings. The highest BCUT2D eigenvalue weighted by molar-refractivity contribution is 8.00. The van der Waals surface area contributed by atoms with Gasteiger partial charge in [-0.1, -0.05) is 11.6 Å². The maximum absolute atomic E-state index is 12.1. The van der Waals surface area contributed by atoms with Crippen LogP contribution >= 0.6 is 34.7 Å². The average molecular weight is 383 g/mol. The van der Waals surface area contributed by atoms with Gasteiger partial charge in [-0.15, -0.1) is 23.1 Å². The van der Waals surface area contributed by atoms with Gasteiger partial charge in [0.1, 0.15) is 0 Å². The van der Waals surface area contributed by atoms with Gasteiger partial charge in [-0.2, -0.15) is 0 Å². The van der Waals surface area contributed by atoms with Crippen molar-refractivity contribution in [2.45, 2.75) is 13.5 Å². The van der Waals surface area contributed by atoms with Gasteiger partial charge in [0, 0.05) is 22.6 Å². The SMILES string of the molecule is Cc1ccsc1CN(C)C(=O)CSCC(=O)Nc1ccc(Cl)cc1. The van der Waals surface area contributed by atoms with Gasteiger partial charge in [-0.3, -0.25) is 9.59 Å². The Balaban J connectivity index is 1.70. The van der Waals surface area contributed by atoms with Crippen molar-refractivity contribution in [3.63, 3.8) is 0 Å². The normalized spacial score (nSPS) is 10.5. The number of nitrogens with one attached hydrogen (secondary N) is 1. The molecule has 1 aromatic heterocycles. The summed E-state index contributed by atoms with van der Waals surface area (Å²) in [6.07, 6.45) is 0. The number of hydrogen-bond donors (Lipinski definition) is 1. The second-order valence-corrected chi connectivity index (χ2v) is 7.75. The first-order valence-electron chi connectivity index (χ1n) is 7.36. The van der Waals surface area contributed by atoms with E-state index in [4.69, 9.17) is 11.6 Å². The van der Waals surface area contributed by atoms with Crippen molar-refractivity contribution in [1.29, 1.82) is 0 Å². The Bertz CT molecular complexity index is 701. The number of thioether (sulfide) groups is 1. The minimum Gasteiger partial charge on any atom is -0.340 e. The Hall–Kier alpha value is -1.50. The molecule has 0 bridgehead atoms. The molecule has 2 amide bonds. The number of benzene rings is 1. The summed E-state index contributed by atoms with van der Waals surface area (Å²) < 4.78 is 0. The van der Waals surface area contributed by atoms with Crippen molar-refractivity contribution in [3.05, 3.63) is 51.2 Å². The number of anilines is 1. The standard InChI is InChI=1S/C17H19ClN2O2S2/c1-12-7-8-24-15(12)9-20(2)17(22)11-23-10-16(21)19-14-5-3-13(18)4-6-14/h3-8H,9-11H2,1-2H3,(H,19,21). The molecule has 2 rings (SSSR count). The molecule has 4 nitrogen and oxygen atoms in total. The maximum atomic E-state index is 12.1. The van der Waals surface area contributed by atoms with Gasteiger partial charge in [-0.05, 0) is 48.2 Å². The molecular weight excluding hydrogens is 364 g/mol. The lowest BCUT2D eigenvalue weighted by atomic mass is 10.3. The minimum atomic E-state index is -0.133. The summed E-state index contributed by atoms with van der Waals surface area (Å²) in [7, 11) is 1.79. The van der Waals surface area contributed by atoms with E-state index in [1.54, 1.807) is 47.5 Å². The zero-order valence-corrected chi connectivity index (χ0v) is 15.9. The molecular formula is C17H19ClN2O2S2. The lowest BCUT2D eigenvalue weighted by Gasteiger charge is -2.16. The predicted molar refractivity (Wildman–Crippen MR) is 103 cm³/mol. The van der Waals surface area contributed by atoms with Crippen molar-refractivity contribution in [3.8, 4) is 0 Å². The number of halogens is 1. The number of nitrogens with zero attached hydrogens (tertiary/aromatic N) is 1. The maximum Gasteiger partial charge on any atom is 0.234 e. The van der Waals surface area contributed by atoms with Crippen molar-refractivity contribution < 1.29 is 9.59 Å². The summed E-state index contributed by atoms with van der Waals surface area (Å²) in [5.74, 6) is 0.411. The molecule has 0 atom stereocenters. The van der Waals surface area contributed by atoms with Gasteiger partial charge in [0.15, 0.2) is 0 Å². The van der Waals surface area contributed by atoms with E-state index in [0.717, 1.165) is 0 Å². The molecule has 2 aromatic rings. The molecule has 1 aromatic carbocycles. The van der Waals surface area contributed by atoms with Crippen LogP contribution in [0.4, 0.5) is 5.69 Å². The van der Waals surface area contributed by atoms with Gasteiger partial charge < -0.3 is 10.2 Å². The first-order chi connectivity index (χ1) is 11.5. The molecule has 1 heterocycles. The van der Waals surface area contributed by atoms with Crippen molar-refractivity contribution in [2.24, 2.45) is 0 Å². The summed E-state index contributed by atoms with van der Waals surface area (Å²) in [4.78, 5) is 26.9. The molecule has 0 unspecified atom stereocenters. The molecule has 24 heavy (non-hydrogen) atoms. The number of thiophene rings is 1. The van der Waals surface area contributed by atoms with E-state index < -0.39 is 0 Å². The van der Waals surface area contributed by atoms with Crippen LogP contribution in [-0.2, 0) is 16.1 Å². The Morgan fingerprint density at radius 2 is 1.92 bits per heavy atom. The highest BCUT2D eigenvalue weighted by atomic mass is 35.5. The number of hydrogen-bond acceptors (Lipinski definition) is 4. The molecule has 0 saturated heterocycles. The molecule has 0 spiro atoms. The Morgan fingerprint density at radius 1 is 1.21 bits per heavy atom. The quantitative estimate of drug-likeness (QED) is 0.786. The number of carbonyl (C=O) groups is 2. The predicted octanol–water partition coefficient (Wildman–Crippen LogP) is 4.04. The lowest BCUT2D eigenvalue weighted by molar-refractivity contribution is -0.127. The molecule has 0 aliphatic heterocycles. The number of amides is 2. The molecule has 128 valence electrons. The minimum absolute atomic E-state index is 0.0205. The topological polar surface area (TPSA) is 49.4 Å². The third-order valence-corrected chi connectivity index (χ3v) is 5.54. The summed E-state index contributed by atoms with van der Waals surface area (Å²) in [5.41, 5.74) is 1.90. The summed E-state index contributed by atoms with van der Waals surface area (Å²) >= 11 is 8.76. The van der Waals surface area contributed by atoms with Crippen molar-refractivity contribution in [2.75, 3.05) is 23.9 Å². The fourth-order valence-electron chi connectivity index (χ4n) is 1.94. The van der Waals surface area contributed by atoms with Crippen LogP contribution < -0.4 is 5.32 Å². The summed E-state index contributed by atoms with van der Waals surface area (Å²) in [6, 6.07) is 8.97. The van der Waals surface area contributed by atoms with Gasteiger partial charge in [-0.25, -0.2) is 0 Å². The Morgan fingerprint density at radius 3 is 2.54 bits per heavy atom. The van der Waals surface area contributed by atoms with E-state index in [0.29, 0.717) is 17.3 Å². The van der Waals surface area contributed by atoms with E-state index >= 15 is 0 Å². The van der Waals surface area contributed by atoms with Crippen LogP contribution in [0.3, 0.4) is 0 Å². The first-order valence-corrected chi connectivity index (χ1v) is 9.77. The summed E-state index contributed by atoms with van der Waals surface area (Å²) in [6.45, 7) is 2.65.